The van der Waals surface area contributed by atoms with E-state index in [4.69, 9.17) is 5.11 Å². The first-order valence-electron chi connectivity index (χ1n) is 4.52. The zero-order chi connectivity index (χ0) is 9.68. The minimum absolute atomic E-state index is 0.111. The highest BCUT2D eigenvalue weighted by Crippen LogP contribution is 2.27. The van der Waals surface area contributed by atoms with Gasteiger partial charge in [-0.25, -0.2) is 4.39 Å². The van der Waals surface area contributed by atoms with Gasteiger partial charge in [0.2, 0.25) is 0 Å². The third-order valence-corrected chi connectivity index (χ3v) is 2.11. The molecule has 0 spiro atoms. The van der Waals surface area contributed by atoms with Crippen LogP contribution in [0.4, 0.5) is 4.39 Å². The Labute approximate surface area is 76.6 Å². The molecule has 0 bridgehead atoms. The third-order valence-electron chi connectivity index (χ3n) is 2.11. The van der Waals surface area contributed by atoms with Crippen LogP contribution in [-0.4, -0.2) is 24.2 Å². The van der Waals surface area contributed by atoms with Gasteiger partial charge in [-0.2, -0.15) is 0 Å². The Hall–Kier alpha value is -0.900. The monoisotopic (exact) mass is 187 g/mol. The number of halogens is 1. The molecule has 1 rings (SSSR count). The summed E-state index contributed by atoms with van der Waals surface area (Å²) in [7, 11) is 0. The van der Waals surface area contributed by atoms with E-state index in [1.807, 2.05) is 0 Å². The second-order valence-corrected chi connectivity index (χ2v) is 3.10. The smallest absolute Gasteiger partial charge is 0.280 e. The molecule has 1 amide bonds. The molecule has 0 saturated heterocycles. The molecule has 0 aliphatic heterocycles. The molecule has 0 heterocycles. The van der Waals surface area contributed by atoms with Crippen LogP contribution in [-0.2, 0) is 4.79 Å². The van der Waals surface area contributed by atoms with Crippen LogP contribution in [0.2, 0.25) is 0 Å². The maximum atomic E-state index is 13.2. The zero-order valence-electron chi connectivity index (χ0n) is 7.48. The molecule has 3 nitrogen and oxygen atoms in total. The lowest BCUT2D eigenvalue weighted by Crippen LogP contribution is -2.27. The van der Waals surface area contributed by atoms with Crippen LogP contribution in [0, 0.1) is 0 Å². The summed E-state index contributed by atoms with van der Waals surface area (Å²) in [5.41, 5.74) is 0.621. The van der Waals surface area contributed by atoms with Gasteiger partial charge in [-0.15, -0.1) is 0 Å². The molecule has 0 aromatic rings. The van der Waals surface area contributed by atoms with Gasteiger partial charge in [0.1, 0.15) is 0 Å². The van der Waals surface area contributed by atoms with Crippen molar-refractivity contribution in [2.45, 2.75) is 25.7 Å². The molecule has 0 radical (unpaired) electrons. The molecule has 0 aromatic heterocycles. The van der Waals surface area contributed by atoms with Crippen molar-refractivity contribution in [1.29, 1.82) is 0 Å². The van der Waals surface area contributed by atoms with Gasteiger partial charge in [0.05, 0.1) is 6.61 Å². The largest absolute Gasteiger partial charge is 0.395 e. The quantitative estimate of drug-likeness (QED) is 0.645. The molecule has 1 aliphatic rings. The van der Waals surface area contributed by atoms with Crippen molar-refractivity contribution >= 4 is 5.91 Å². The first-order chi connectivity index (χ1) is 6.25. The van der Waals surface area contributed by atoms with Crippen molar-refractivity contribution in [3.63, 3.8) is 0 Å². The van der Waals surface area contributed by atoms with Crippen LogP contribution < -0.4 is 5.32 Å². The van der Waals surface area contributed by atoms with E-state index >= 15 is 0 Å². The Morgan fingerprint density at radius 3 is 2.62 bits per heavy atom. The molecule has 0 aromatic carbocycles. The molecule has 1 aliphatic carbocycles. The van der Waals surface area contributed by atoms with Crippen LogP contribution in [0.25, 0.3) is 0 Å². The Morgan fingerprint density at radius 1 is 1.46 bits per heavy atom. The Bertz CT molecular complexity index is 218. The molecule has 13 heavy (non-hydrogen) atoms. The van der Waals surface area contributed by atoms with Gasteiger partial charge in [0, 0.05) is 6.54 Å². The second-order valence-electron chi connectivity index (χ2n) is 3.10. The SMILES string of the molecule is O=C(NCCO)C(F)=C1CCCC1. The number of carbonyl (C=O) groups is 1. The number of rotatable bonds is 3. The summed E-state index contributed by atoms with van der Waals surface area (Å²) < 4.78 is 13.2. The standard InChI is InChI=1S/C9H14FNO2/c10-8(7-3-1-2-4-7)9(13)11-5-6-12/h12H,1-6H2,(H,11,13). The average molecular weight is 187 g/mol. The summed E-state index contributed by atoms with van der Waals surface area (Å²) in [4.78, 5) is 11.0. The van der Waals surface area contributed by atoms with E-state index in [0.29, 0.717) is 18.4 Å². The highest BCUT2D eigenvalue weighted by atomic mass is 19.1. The summed E-state index contributed by atoms with van der Waals surface area (Å²) in [6.07, 6.45) is 3.32. The van der Waals surface area contributed by atoms with E-state index in [1.54, 1.807) is 0 Å². The molecule has 0 atom stereocenters. The molecule has 0 unspecified atom stereocenters. The Morgan fingerprint density at radius 2 is 2.08 bits per heavy atom. The van der Waals surface area contributed by atoms with Crippen molar-refractivity contribution < 1.29 is 14.3 Å². The van der Waals surface area contributed by atoms with E-state index < -0.39 is 11.7 Å². The maximum Gasteiger partial charge on any atom is 0.280 e. The normalized spacial score (nSPS) is 16.0. The van der Waals surface area contributed by atoms with Crippen LogP contribution >= 0.6 is 0 Å². The minimum atomic E-state index is -0.689. The average Bonchev–Trinajstić information content (AvgIpc) is 2.65. The fourth-order valence-electron chi connectivity index (χ4n) is 1.43. The Balaban J connectivity index is 2.49. The van der Waals surface area contributed by atoms with Gasteiger partial charge in [0.15, 0.2) is 5.83 Å². The van der Waals surface area contributed by atoms with Crippen molar-refractivity contribution in [3.8, 4) is 0 Å². The van der Waals surface area contributed by atoms with Crippen LogP contribution in [0.1, 0.15) is 25.7 Å². The fourth-order valence-corrected chi connectivity index (χ4v) is 1.43. The van der Waals surface area contributed by atoms with E-state index in [1.165, 1.54) is 0 Å². The number of carbonyl (C=O) groups excluding carboxylic acids is 1. The van der Waals surface area contributed by atoms with Crippen LogP contribution in [0.15, 0.2) is 11.4 Å². The number of allylic oxidation sites excluding steroid dienone is 1. The highest BCUT2D eigenvalue weighted by Gasteiger charge is 2.17. The van der Waals surface area contributed by atoms with Gasteiger partial charge in [-0.3, -0.25) is 4.79 Å². The van der Waals surface area contributed by atoms with E-state index in [0.717, 1.165) is 12.8 Å². The summed E-state index contributed by atoms with van der Waals surface area (Å²) in [5.74, 6) is -1.34. The first kappa shape index (κ1) is 10.2. The van der Waals surface area contributed by atoms with E-state index in [9.17, 15) is 9.18 Å². The van der Waals surface area contributed by atoms with Crippen LogP contribution in [0.5, 0.6) is 0 Å². The topological polar surface area (TPSA) is 49.3 Å². The van der Waals surface area contributed by atoms with Gasteiger partial charge < -0.3 is 10.4 Å². The van der Waals surface area contributed by atoms with Crippen molar-refractivity contribution in [3.05, 3.63) is 11.4 Å². The summed E-state index contributed by atoms with van der Waals surface area (Å²) in [5, 5.41) is 10.7. The summed E-state index contributed by atoms with van der Waals surface area (Å²) >= 11 is 0. The summed E-state index contributed by atoms with van der Waals surface area (Å²) in [6.45, 7) is -0.0477. The maximum absolute atomic E-state index is 13.2. The molecule has 1 saturated carbocycles. The zero-order valence-corrected chi connectivity index (χ0v) is 7.48. The fraction of sp³-hybridized carbons (Fsp3) is 0.667. The number of nitrogens with one attached hydrogen (secondary N) is 1. The molecule has 4 heteroatoms. The number of hydrogen-bond donors (Lipinski definition) is 2. The van der Waals surface area contributed by atoms with Crippen molar-refractivity contribution in [2.24, 2.45) is 0 Å². The van der Waals surface area contributed by atoms with Crippen LogP contribution in [0.3, 0.4) is 0 Å². The molecule has 74 valence electrons. The summed E-state index contributed by atoms with van der Waals surface area (Å²) in [6, 6.07) is 0. The molecular weight excluding hydrogens is 173 g/mol. The number of aliphatic hydroxyl groups is 1. The predicted octanol–water partition coefficient (Wildman–Crippen LogP) is 0.892. The minimum Gasteiger partial charge on any atom is -0.395 e. The Kier molecular flexibility index (Phi) is 3.89. The van der Waals surface area contributed by atoms with Gasteiger partial charge in [-0.05, 0) is 31.3 Å². The third kappa shape index (κ3) is 2.81. The first-order valence-corrected chi connectivity index (χ1v) is 4.52. The number of amides is 1. The lowest BCUT2D eigenvalue weighted by atomic mass is 10.2. The van der Waals surface area contributed by atoms with Gasteiger partial charge in [0.25, 0.3) is 5.91 Å². The van der Waals surface area contributed by atoms with Crippen molar-refractivity contribution in [2.75, 3.05) is 13.2 Å². The number of aliphatic hydroxyl groups excluding tert-OH is 1. The second kappa shape index (κ2) is 4.97. The molecule has 2 N–H and O–H groups in total. The van der Waals surface area contributed by atoms with E-state index in [-0.39, 0.29) is 13.2 Å². The molecular formula is C9H14FNO2. The predicted molar refractivity (Wildman–Crippen MR) is 46.7 cm³/mol. The highest BCUT2D eigenvalue weighted by molar-refractivity contribution is 5.91. The van der Waals surface area contributed by atoms with Gasteiger partial charge in [-0.1, -0.05) is 0 Å². The van der Waals surface area contributed by atoms with Crippen molar-refractivity contribution in [1.82, 2.24) is 5.32 Å². The molecule has 1 fully saturated rings. The lowest BCUT2D eigenvalue weighted by Gasteiger charge is -2.02. The lowest BCUT2D eigenvalue weighted by molar-refractivity contribution is -0.119. The van der Waals surface area contributed by atoms with E-state index in [2.05, 4.69) is 5.32 Å². The number of hydrogen-bond acceptors (Lipinski definition) is 2. The van der Waals surface area contributed by atoms with Gasteiger partial charge >= 0.3 is 0 Å².